The van der Waals surface area contributed by atoms with Crippen molar-refractivity contribution in [3.05, 3.63) is 40.2 Å². The molecule has 0 unspecified atom stereocenters. The van der Waals surface area contributed by atoms with Crippen LogP contribution in [-0.2, 0) is 0 Å². The summed E-state index contributed by atoms with van der Waals surface area (Å²) in [4.78, 5) is 23.6. The van der Waals surface area contributed by atoms with Crippen molar-refractivity contribution < 1.29 is 14.6 Å². The lowest BCUT2D eigenvalue weighted by molar-refractivity contribution is 0.0695. The molecule has 1 aliphatic rings. The van der Waals surface area contributed by atoms with Crippen LogP contribution >= 0.6 is 0 Å². The van der Waals surface area contributed by atoms with Gasteiger partial charge in [0.05, 0.1) is 17.0 Å². The number of carboxylic acids is 1. The lowest BCUT2D eigenvalue weighted by Crippen LogP contribution is -2.19. The van der Waals surface area contributed by atoms with Crippen molar-refractivity contribution in [2.75, 3.05) is 0 Å². The lowest BCUT2D eigenvalue weighted by Gasteiger charge is -2.17. The van der Waals surface area contributed by atoms with E-state index in [0.717, 1.165) is 12.8 Å². The summed E-state index contributed by atoms with van der Waals surface area (Å²) in [6, 6.07) is 5.46. The predicted molar refractivity (Wildman–Crippen MR) is 79.2 cm³/mol. The molecule has 1 N–H and O–H groups in total. The summed E-state index contributed by atoms with van der Waals surface area (Å²) in [6.45, 7) is 3.84. The average molecular weight is 287 g/mol. The molecule has 0 amide bonds. The molecule has 110 valence electrons. The first-order valence-electron chi connectivity index (χ1n) is 7.07. The molecule has 0 aliphatic heterocycles. The Morgan fingerprint density at radius 3 is 2.67 bits per heavy atom. The molecule has 5 heteroatoms. The largest absolute Gasteiger partial charge is 0.489 e. The Hall–Kier alpha value is -2.30. The van der Waals surface area contributed by atoms with Crippen molar-refractivity contribution >= 4 is 16.9 Å². The first-order chi connectivity index (χ1) is 9.99. The zero-order valence-corrected chi connectivity index (χ0v) is 12.0. The van der Waals surface area contributed by atoms with Gasteiger partial charge < -0.3 is 14.4 Å². The second kappa shape index (κ2) is 4.91. The van der Waals surface area contributed by atoms with Crippen molar-refractivity contribution in [2.24, 2.45) is 0 Å². The summed E-state index contributed by atoms with van der Waals surface area (Å²) in [5.41, 5.74) is 0.0587. The van der Waals surface area contributed by atoms with Crippen molar-refractivity contribution in [3.8, 4) is 5.75 Å². The first kappa shape index (κ1) is 13.7. The van der Waals surface area contributed by atoms with Crippen LogP contribution in [0, 0.1) is 0 Å². The smallest absolute Gasteiger partial charge is 0.341 e. The fraction of sp³-hybridized carbons (Fsp3) is 0.375. The normalized spacial score (nSPS) is 14.6. The minimum atomic E-state index is -1.19. The fourth-order valence-corrected chi connectivity index (χ4v) is 2.52. The summed E-state index contributed by atoms with van der Waals surface area (Å²) in [5, 5.41) is 9.62. The van der Waals surface area contributed by atoms with Gasteiger partial charge in [-0.3, -0.25) is 4.79 Å². The Kier molecular flexibility index (Phi) is 3.20. The van der Waals surface area contributed by atoms with E-state index >= 15 is 0 Å². The molecule has 1 heterocycles. The van der Waals surface area contributed by atoms with Gasteiger partial charge in [0.1, 0.15) is 11.3 Å². The molecule has 0 atom stereocenters. The molecule has 5 nitrogen and oxygen atoms in total. The number of fused-ring (bicyclic) bond motifs is 1. The average Bonchev–Trinajstić information content (AvgIpc) is 3.23. The van der Waals surface area contributed by atoms with Gasteiger partial charge in [-0.25, -0.2) is 4.79 Å². The molecular weight excluding hydrogens is 270 g/mol. The second-order valence-corrected chi connectivity index (χ2v) is 5.63. The number of para-hydroxylation sites is 1. The summed E-state index contributed by atoms with van der Waals surface area (Å²) < 4.78 is 7.68. The molecule has 1 fully saturated rings. The monoisotopic (exact) mass is 287 g/mol. The van der Waals surface area contributed by atoms with E-state index in [1.54, 1.807) is 12.1 Å². The van der Waals surface area contributed by atoms with Crippen LogP contribution in [0.3, 0.4) is 0 Å². The summed E-state index contributed by atoms with van der Waals surface area (Å²) >= 11 is 0. The van der Waals surface area contributed by atoms with E-state index in [-0.39, 0.29) is 17.7 Å². The Morgan fingerprint density at radius 1 is 1.38 bits per heavy atom. The van der Waals surface area contributed by atoms with Gasteiger partial charge in [0.25, 0.3) is 0 Å². The lowest BCUT2D eigenvalue weighted by atomic mass is 10.1. The summed E-state index contributed by atoms with van der Waals surface area (Å²) in [7, 11) is 0. The standard InChI is InChI=1S/C16H17NO4/c1-9(2)21-13-5-3-4-11-14(13)17(10-6-7-10)8-12(15(11)18)16(19)20/h3-5,8-10H,6-7H2,1-2H3,(H,19,20). The molecule has 0 saturated heterocycles. The first-order valence-corrected chi connectivity index (χ1v) is 7.07. The number of nitrogens with zero attached hydrogens (tertiary/aromatic N) is 1. The molecule has 3 rings (SSSR count). The van der Waals surface area contributed by atoms with E-state index in [0.29, 0.717) is 16.7 Å². The van der Waals surface area contributed by atoms with Crippen LogP contribution in [-0.4, -0.2) is 21.7 Å². The van der Waals surface area contributed by atoms with E-state index in [2.05, 4.69) is 0 Å². The minimum Gasteiger partial charge on any atom is -0.489 e. The maximum Gasteiger partial charge on any atom is 0.341 e. The molecule has 2 aromatic rings. The van der Waals surface area contributed by atoms with Crippen molar-refractivity contribution in [2.45, 2.75) is 38.8 Å². The van der Waals surface area contributed by atoms with E-state index in [1.807, 2.05) is 24.5 Å². The van der Waals surface area contributed by atoms with Crippen LogP contribution in [0.4, 0.5) is 0 Å². The van der Waals surface area contributed by atoms with Crippen molar-refractivity contribution in [1.29, 1.82) is 0 Å². The van der Waals surface area contributed by atoms with Crippen LogP contribution in [0.5, 0.6) is 5.75 Å². The third-order valence-electron chi connectivity index (χ3n) is 3.55. The van der Waals surface area contributed by atoms with Crippen LogP contribution in [0.1, 0.15) is 43.1 Å². The third-order valence-corrected chi connectivity index (χ3v) is 3.55. The summed E-state index contributed by atoms with van der Waals surface area (Å²) in [6.07, 6.45) is 3.43. The number of rotatable bonds is 4. The van der Waals surface area contributed by atoms with E-state index in [9.17, 15) is 14.7 Å². The molecular formula is C16H17NO4. The van der Waals surface area contributed by atoms with Crippen molar-refractivity contribution in [3.63, 3.8) is 0 Å². The number of aromatic carboxylic acids is 1. The molecule has 0 radical (unpaired) electrons. The highest BCUT2D eigenvalue weighted by Gasteiger charge is 2.28. The number of hydrogen-bond acceptors (Lipinski definition) is 3. The predicted octanol–water partition coefficient (Wildman–Crippen LogP) is 2.82. The van der Waals surface area contributed by atoms with E-state index in [4.69, 9.17) is 4.74 Å². The Bertz CT molecular complexity index is 772. The van der Waals surface area contributed by atoms with Gasteiger partial charge in [0.15, 0.2) is 0 Å². The molecule has 1 aliphatic carbocycles. The van der Waals surface area contributed by atoms with Crippen LogP contribution < -0.4 is 10.2 Å². The maximum absolute atomic E-state index is 12.4. The van der Waals surface area contributed by atoms with Gasteiger partial charge in [-0.05, 0) is 38.8 Å². The number of aromatic nitrogens is 1. The molecule has 0 spiro atoms. The van der Waals surface area contributed by atoms with Crippen LogP contribution in [0.25, 0.3) is 10.9 Å². The molecule has 1 saturated carbocycles. The topological polar surface area (TPSA) is 68.5 Å². The second-order valence-electron chi connectivity index (χ2n) is 5.63. The fourth-order valence-electron chi connectivity index (χ4n) is 2.52. The van der Waals surface area contributed by atoms with Gasteiger partial charge in [-0.1, -0.05) is 6.07 Å². The molecule has 1 aromatic carbocycles. The molecule has 1 aromatic heterocycles. The highest BCUT2D eigenvalue weighted by molar-refractivity contribution is 5.94. The molecule has 21 heavy (non-hydrogen) atoms. The van der Waals surface area contributed by atoms with E-state index in [1.165, 1.54) is 6.20 Å². The summed E-state index contributed by atoms with van der Waals surface area (Å²) in [5.74, 6) is -0.560. The zero-order valence-electron chi connectivity index (χ0n) is 12.0. The van der Waals surface area contributed by atoms with Crippen molar-refractivity contribution in [1.82, 2.24) is 4.57 Å². The van der Waals surface area contributed by atoms with Gasteiger partial charge >= 0.3 is 5.97 Å². The SMILES string of the molecule is CC(C)Oc1cccc2c(=O)c(C(=O)O)cn(C3CC3)c12. The van der Waals surface area contributed by atoms with Gasteiger partial charge in [0, 0.05) is 12.2 Å². The number of hydrogen-bond donors (Lipinski definition) is 1. The van der Waals surface area contributed by atoms with Crippen LogP contribution in [0.2, 0.25) is 0 Å². The number of pyridine rings is 1. The minimum absolute atomic E-state index is 0.0162. The third kappa shape index (κ3) is 2.39. The molecule has 0 bridgehead atoms. The zero-order chi connectivity index (χ0) is 15.1. The number of benzene rings is 1. The quantitative estimate of drug-likeness (QED) is 0.938. The van der Waals surface area contributed by atoms with Gasteiger partial charge in [0.2, 0.25) is 5.43 Å². The number of ether oxygens (including phenoxy) is 1. The Morgan fingerprint density at radius 2 is 2.10 bits per heavy atom. The number of carbonyl (C=O) groups is 1. The van der Waals surface area contributed by atoms with Crippen LogP contribution in [0.15, 0.2) is 29.2 Å². The maximum atomic E-state index is 12.4. The number of carboxylic acid groups (broad SMARTS) is 1. The van der Waals surface area contributed by atoms with E-state index < -0.39 is 11.4 Å². The Balaban J connectivity index is 2.35. The van der Waals surface area contributed by atoms with Gasteiger partial charge in [-0.15, -0.1) is 0 Å². The highest BCUT2D eigenvalue weighted by atomic mass is 16.5. The Labute approximate surface area is 121 Å². The van der Waals surface area contributed by atoms with Gasteiger partial charge in [-0.2, -0.15) is 0 Å². The highest BCUT2D eigenvalue weighted by Crippen LogP contribution is 2.39.